The van der Waals surface area contributed by atoms with E-state index in [0.717, 1.165) is 4.47 Å². The molecule has 1 aliphatic rings. The van der Waals surface area contributed by atoms with Crippen LogP contribution in [-0.4, -0.2) is 6.79 Å². The number of hydrogen-bond donors (Lipinski definition) is 0. The van der Waals surface area contributed by atoms with Gasteiger partial charge in [-0.05, 0) is 30.3 Å². The Morgan fingerprint density at radius 3 is 2.79 bits per heavy atom. The molecule has 2 aromatic rings. The zero-order valence-electron chi connectivity index (χ0n) is 9.72. The van der Waals surface area contributed by atoms with Crippen LogP contribution >= 0.6 is 15.9 Å². The van der Waals surface area contributed by atoms with Gasteiger partial charge in [-0.1, -0.05) is 15.9 Å². The van der Waals surface area contributed by atoms with Crippen molar-refractivity contribution in [1.29, 1.82) is 5.26 Å². The summed E-state index contributed by atoms with van der Waals surface area (Å²) in [5, 5.41) is 9.05. The molecule has 0 N–H and O–H groups in total. The third kappa shape index (κ3) is 2.35. The highest BCUT2D eigenvalue weighted by molar-refractivity contribution is 9.10. The van der Waals surface area contributed by atoms with Crippen molar-refractivity contribution in [3.05, 3.63) is 46.4 Å². The Balaban J connectivity index is 1.93. The molecule has 0 aromatic heterocycles. The second-order valence-corrected chi connectivity index (χ2v) is 4.79. The van der Waals surface area contributed by atoms with E-state index in [1.807, 2.05) is 0 Å². The van der Waals surface area contributed by atoms with E-state index in [1.165, 1.54) is 0 Å². The second-order valence-electron chi connectivity index (χ2n) is 3.87. The van der Waals surface area contributed by atoms with Crippen molar-refractivity contribution in [2.24, 2.45) is 0 Å². The zero-order valence-corrected chi connectivity index (χ0v) is 11.3. The van der Waals surface area contributed by atoms with Crippen LogP contribution in [0.1, 0.15) is 5.56 Å². The maximum Gasteiger partial charge on any atom is 0.231 e. The SMILES string of the molecule is N#Cc1ccc(Br)cc1Oc1ccc2c(c1)OCO2. The summed E-state index contributed by atoms with van der Waals surface area (Å²) in [4.78, 5) is 0. The van der Waals surface area contributed by atoms with Crippen LogP contribution in [0.2, 0.25) is 0 Å². The summed E-state index contributed by atoms with van der Waals surface area (Å²) >= 11 is 3.35. The molecule has 1 aliphatic heterocycles. The molecule has 0 bridgehead atoms. The summed E-state index contributed by atoms with van der Waals surface area (Å²) < 4.78 is 17.1. The molecule has 0 saturated heterocycles. The van der Waals surface area contributed by atoms with Crippen LogP contribution in [0.4, 0.5) is 0 Å². The van der Waals surface area contributed by atoms with E-state index in [1.54, 1.807) is 36.4 Å². The predicted octanol–water partition coefficient (Wildman–Crippen LogP) is 3.84. The number of nitriles is 1. The van der Waals surface area contributed by atoms with Crippen molar-refractivity contribution in [2.45, 2.75) is 0 Å². The Kier molecular flexibility index (Phi) is 3.02. The number of benzene rings is 2. The third-order valence-corrected chi connectivity index (χ3v) is 3.13. The van der Waals surface area contributed by atoms with Crippen LogP contribution in [0.5, 0.6) is 23.0 Å². The van der Waals surface area contributed by atoms with E-state index < -0.39 is 0 Å². The van der Waals surface area contributed by atoms with Gasteiger partial charge in [0.25, 0.3) is 0 Å². The average Bonchev–Trinajstić information content (AvgIpc) is 2.86. The number of nitrogens with zero attached hydrogens (tertiary/aromatic N) is 1. The standard InChI is InChI=1S/C14H8BrNO3/c15-10-2-1-9(7-16)13(5-10)19-11-3-4-12-14(6-11)18-8-17-12/h1-6H,8H2. The first kappa shape index (κ1) is 11.9. The molecule has 5 heteroatoms. The molecule has 0 fully saturated rings. The number of ether oxygens (including phenoxy) is 3. The highest BCUT2D eigenvalue weighted by Crippen LogP contribution is 2.37. The van der Waals surface area contributed by atoms with E-state index >= 15 is 0 Å². The molecule has 19 heavy (non-hydrogen) atoms. The molecule has 0 atom stereocenters. The van der Waals surface area contributed by atoms with Gasteiger partial charge in [0, 0.05) is 10.5 Å². The monoisotopic (exact) mass is 317 g/mol. The van der Waals surface area contributed by atoms with E-state index in [4.69, 9.17) is 19.5 Å². The molecule has 0 radical (unpaired) electrons. The van der Waals surface area contributed by atoms with Gasteiger partial charge in [0.1, 0.15) is 17.6 Å². The minimum absolute atomic E-state index is 0.221. The predicted molar refractivity (Wildman–Crippen MR) is 71.5 cm³/mol. The minimum Gasteiger partial charge on any atom is -0.456 e. The summed E-state index contributed by atoms with van der Waals surface area (Å²) in [6.45, 7) is 0.221. The molecule has 0 unspecified atom stereocenters. The van der Waals surface area contributed by atoms with E-state index in [2.05, 4.69) is 22.0 Å². The van der Waals surface area contributed by atoms with Crippen LogP contribution in [0.3, 0.4) is 0 Å². The Labute approximate surface area is 118 Å². The van der Waals surface area contributed by atoms with Gasteiger partial charge in [0.15, 0.2) is 11.5 Å². The first-order chi connectivity index (χ1) is 9.26. The van der Waals surface area contributed by atoms with Gasteiger partial charge in [0.2, 0.25) is 6.79 Å². The fourth-order valence-electron chi connectivity index (χ4n) is 1.74. The molecule has 4 nitrogen and oxygen atoms in total. The lowest BCUT2D eigenvalue weighted by molar-refractivity contribution is 0.174. The molecule has 0 amide bonds. The van der Waals surface area contributed by atoms with Crippen molar-refractivity contribution < 1.29 is 14.2 Å². The number of hydrogen-bond acceptors (Lipinski definition) is 4. The van der Waals surface area contributed by atoms with E-state index in [9.17, 15) is 0 Å². The summed E-state index contributed by atoms with van der Waals surface area (Å²) in [7, 11) is 0. The van der Waals surface area contributed by atoms with Gasteiger partial charge in [0.05, 0.1) is 5.56 Å². The van der Waals surface area contributed by atoms with Gasteiger partial charge < -0.3 is 14.2 Å². The van der Waals surface area contributed by atoms with Gasteiger partial charge in [-0.2, -0.15) is 5.26 Å². The Hall–Kier alpha value is -2.19. The number of fused-ring (bicyclic) bond motifs is 1. The number of halogens is 1. The summed E-state index contributed by atoms with van der Waals surface area (Å²) in [5.41, 5.74) is 0.473. The van der Waals surface area contributed by atoms with Crippen LogP contribution in [0.15, 0.2) is 40.9 Å². The first-order valence-electron chi connectivity index (χ1n) is 5.53. The second kappa shape index (κ2) is 4.82. The van der Waals surface area contributed by atoms with Crippen LogP contribution in [-0.2, 0) is 0 Å². The first-order valence-corrected chi connectivity index (χ1v) is 6.33. The molecule has 0 spiro atoms. The molecular weight excluding hydrogens is 310 g/mol. The topological polar surface area (TPSA) is 51.5 Å². The van der Waals surface area contributed by atoms with Crippen molar-refractivity contribution >= 4 is 15.9 Å². The molecule has 0 saturated carbocycles. The Morgan fingerprint density at radius 2 is 1.95 bits per heavy atom. The fraction of sp³-hybridized carbons (Fsp3) is 0.0714. The van der Waals surface area contributed by atoms with Crippen LogP contribution in [0, 0.1) is 11.3 Å². The molecule has 1 heterocycles. The summed E-state index contributed by atoms with van der Waals surface area (Å²) in [6.07, 6.45) is 0. The lowest BCUT2D eigenvalue weighted by atomic mass is 10.2. The van der Waals surface area contributed by atoms with Gasteiger partial charge in [-0.25, -0.2) is 0 Å². The Morgan fingerprint density at radius 1 is 1.11 bits per heavy atom. The van der Waals surface area contributed by atoms with Gasteiger partial charge in [-0.15, -0.1) is 0 Å². The van der Waals surface area contributed by atoms with Gasteiger partial charge in [-0.3, -0.25) is 0 Å². The van der Waals surface area contributed by atoms with Crippen molar-refractivity contribution in [3.8, 4) is 29.1 Å². The highest BCUT2D eigenvalue weighted by Gasteiger charge is 2.14. The van der Waals surface area contributed by atoms with Crippen molar-refractivity contribution in [1.82, 2.24) is 0 Å². The quantitative estimate of drug-likeness (QED) is 0.844. The maximum absolute atomic E-state index is 9.05. The molecule has 94 valence electrons. The molecular formula is C14H8BrNO3. The smallest absolute Gasteiger partial charge is 0.231 e. The summed E-state index contributed by atoms with van der Waals surface area (Å²) in [5.74, 6) is 2.43. The average molecular weight is 318 g/mol. The van der Waals surface area contributed by atoms with Crippen molar-refractivity contribution in [3.63, 3.8) is 0 Å². The summed E-state index contributed by atoms with van der Waals surface area (Å²) in [6, 6.07) is 12.6. The van der Waals surface area contributed by atoms with E-state index in [-0.39, 0.29) is 6.79 Å². The number of rotatable bonds is 2. The fourth-order valence-corrected chi connectivity index (χ4v) is 2.08. The normalized spacial score (nSPS) is 12.0. The maximum atomic E-state index is 9.05. The molecule has 0 aliphatic carbocycles. The highest BCUT2D eigenvalue weighted by atomic mass is 79.9. The van der Waals surface area contributed by atoms with E-state index in [0.29, 0.717) is 28.6 Å². The largest absolute Gasteiger partial charge is 0.456 e. The lowest BCUT2D eigenvalue weighted by Crippen LogP contribution is -1.92. The zero-order chi connectivity index (χ0) is 13.2. The molecule has 2 aromatic carbocycles. The minimum atomic E-state index is 0.221. The van der Waals surface area contributed by atoms with Crippen LogP contribution < -0.4 is 14.2 Å². The van der Waals surface area contributed by atoms with Gasteiger partial charge >= 0.3 is 0 Å². The lowest BCUT2D eigenvalue weighted by Gasteiger charge is -2.08. The Bertz CT molecular complexity index is 679. The molecule has 3 rings (SSSR count). The third-order valence-electron chi connectivity index (χ3n) is 2.64. The van der Waals surface area contributed by atoms with Crippen LogP contribution in [0.25, 0.3) is 0 Å². The van der Waals surface area contributed by atoms with Crippen molar-refractivity contribution in [2.75, 3.05) is 6.79 Å².